The van der Waals surface area contributed by atoms with Crippen molar-refractivity contribution in [3.63, 3.8) is 0 Å². The topological polar surface area (TPSA) is 0 Å². The lowest BCUT2D eigenvalue weighted by molar-refractivity contribution is 0.214. The zero-order valence-electron chi connectivity index (χ0n) is 8.13. The van der Waals surface area contributed by atoms with Gasteiger partial charge in [-0.1, -0.05) is 38.3 Å². The van der Waals surface area contributed by atoms with Crippen molar-refractivity contribution in [3.05, 3.63) is 12.2 Å². The molecule has 2 rings (SSSR count). The molecule has 2 aliphatic rings. The Morgan fingerprint density at radius 1 is 1.25 bits per heavy atom. The van der Waals surface area contributed by atoms with E-state index >= 15 is 0 Å². The molecule has 0 amide bonds. The molecule has 0 nitrogen and oxygen atoms in total. The van der Waals surface area contributed by atoms with Crippen molar-refractivity contribution in [1.29, 1.82) is 0 Å². The van der Waals surface area contributed by atoms with Gasteiger partial charge in [-0.25, -0.2) is 0 Å². The van der Waals surface area contributed by atoms with Crippen LogP contribution in [0.3, 0.4) is 0 Å². The van der Waals surface area contributed by atoms with Gasteiger partial charge in [0.2, 0.25) is 0 Å². The van der Waals surface area contributed by atoms with E-state index in [1.807, 2.05) is 0 Å². The number of allylic oxidation sites excluding steroid dienone is 2. The van der Waals surface area contributed by atoms with E-state index in [2.05, 4.69) is 19.1 Å². The van der Waals surface area contributed by atoms with Crippen LogP contribution in [-0.2, 0) is 0 Å². The van der Waals surface area contributed by atoms with Crippen molar-refractivity contribution in [2.24, 2.45) is 17.8 Å². The summed E-state index contributed by atoms with van der Waals surface area (Å²) >= 11 is 0. The molecule has 0 aromatic rings. The van der Waals surface area contributed by atoms with E-state index < -0.39 is 0 Å². The first-order valence-electron chi connectivity index (χ1n) is 5.53. The second-order valence-corrected chi connectivity index (χ2v) is 4.66. The highest BCUT2D eigenvalue weighted by Crippen LogP contribution is 2.37. The van der Waals surface area contributed by atoms with Gasteiger partial charge < -0.3 is 0 Å². The van der Waals surface area contributed by atoms with Gasteiger partial charge in [-0.15, -0.1) is 0 Å². The molecule has 2 atom stereocenters. The predicted molar refractivity (Wildman–Crippen MR) is 53.0 cm³/mol. The lowest BCUT2D eigenvalue weighted by Gasteiger charge is -2.33. The zero-order chi connectivity index (χ0) is 8.39. The van der Waals surface area contributed by atoms with Crippen LogP contribution in [0.15, 0.2) is 12.2 Å². The molecule has 1 fully saturated rings. The Kier molecular flexibility index (Phi) is 2.53. The molecule has 0 aromatic heterocycles. The van der Waals surface area contributed by atoms with Crippen molar-refractivity contribution in [2.45, 2.75) is 45.4 Å². The largest absolute Gasteiger partial charge is 0.0882 e. The maximum Gasteiger partial charge on any atom is -0.0233 e. The van der Waals surface area contributed by atoms with Crippen molar-refractivity contribution in [3.8, 4) is 0 Å². The van der Waals surface area contributed by atoms with E-state index in [-0.39, 0.29) is 0 Å². The Labute approximate surface area is 76.1 Å². The van der Waals surface area contributed by atoms with E-state index in [0.29, 0.717) is 0 Å². The van der Waals surface area contributed by atoms with E-state index in [4.69, 9.17) is 0 Å². The van der Waals surface area contributed by atoms with Gasteiger partial charge in [-0.05, 0) is 37.0 Å². The third-order valence-corrected chi connectivity index (χ3v) is 3.75. The van der Waals surface area contributed by atoms with Crippen LogP contribution in [-0.4, -0.2) is 0 Å². The fourth-order valence-corrected chi connectivity index (χ4v) is 2.53. The van der Waals surface area contributed by atoms with Gasteiger partial charge in [0.05, 0.1) is 0 Å². The van der Waals surface area contributed by atoms with E-state index in [9.17, 15) is 0 Å². The van der Waals surface area contributed by atoms with Crippen molar-refractivity contribution < 1.29 is 0 Å². The smallest absolute Gasteiger partial charge is 0.0233 e. The molecular weight excluding hydrogens is 144 g/mol. The van der Waals surface area contributed by atoms with Crippen molar-refractivity contribution in [1.82, 2.24) is 0 Å². The molecule has 2 unspecified atom stereocenters. The van der Waals surface area contributed by atoms with E-state index in [1.54, 1.807) is 0 Å². The standard InChI is InChI=1S/C12H20/c1-10-5-2-3-8-12(10)9-11-6-4-7-11/h2,5,10-12H,3-4,6-9H2,1H3. The van der Waals surface area contributed by atoms with Crippen LogP contribution >= 0.6 is 0 Å². The van der Waals surface area contributed by atoms with Crippen LogP contribution in [0.2, 0.25) is 0 Å². The normalized spacial score (nSPS) is 36.4. The first-order chi connectivity index (χ1) is 5.86. The molecule has 0 heterocycles. The molecule has 68 valence electrons. The quantitative estimate of drug-likeness (QED) is 0.545. The van der Waals surface area contributed by atoms with Gasteiger partial charge in [0.25, 0.3) is 0 Å². The van der Waals surface area contributed by atoms with Crippen LogP contribution < -0.4 is 0 Å². The van der Waals surface area contributed by atoms with Crippen LogP contribution in [0.1, 0.15) is 45.4 Å². The zero-order valence-corrected chi connectivity index (χ0v) is 8.13. The molecular formula is C12H20. The van der Waals surface area contributed by atoms with E-state index in [0.717, 1.165) is 17.8 Å². The molecule has 0 saturated heterocycles. The third-order valence-electron chi connectivity index (χ3n) is 3.75. The minimum atomic E-state index is 0.861. The van der Waals surface area contributed by atoms with Crippen LogP contribution in [0.5, 0.6) is 0 Å². The second-order valence-electron chi connectivity index (χ2n) is 4.66. The Bertz CT molecular complexity index is 165. The summed E-state index contributed by atoms with van der Waals surface area (Å²) in [5, 5.41) is 0. The van der Waals surface area contributed by atoms with Crippen molar-refractivity contribution >= 4 is 0 Å². The van der Waals surface area contributed by atoms with Crippen LogP contribution in [0.25, 0.3) is 0 Å². The Morgan fingerprint density at radius 2 is 2.08 bits per heavy atom. The Hall–Kier alpha value is -0.260. The van der Waals surface area contributed by atoms with Crippen molar-refractivity contribution in [2.75, 3.05) is 0 Å². The second kappa shape index (κ2) is 3.64. The van der Waals surface area contributed by atoms with Crippen LogP contribution in [0.4, 0.5) is 0 Å². The number of hydrogen-bond donors (Lipinski definition) is 0. The van der Waals surface area contributed by atoms with Gasteiger partial charge in [-0.2, -0.15) is 0 Å². The first-order valence-corrected chi connectivity index (χ1v) is 5.53. The average molecular weight is 164 g/mol. The molecule has 1 saturated carbocycles. The third kappa shape index (κ3) is 1.73. The highest BCUT2D eigenvalue weighted by Gasteiger charge is 2.25. The monoisotopic (exact) mass is 164 g/mol. The van der Waals surface area contributed by atoms with Crippen LogP contribution in [0, 0.1) is 17.8 Å². The highest BCUT2D eigenvalue weighted by molar-refractivity contribution is 4.95. The summed E-state index contributed by atoms with van der Waals surface area (Å²) < 4.78 is 0. The average Bonchev–Trinajstić information content (AvgIpc) is 2.00. The van der Waals surface area contributed by atoms with Gasteiger partial charge in [0.15, 0.2) is 0 Å². The predicted octanol–water partition coefficient (Wildman–Crippen LogP) is 3.78. The molecule has 0 radical (unpaired) electrons. The summed E-state index contributed by atoms with van der Waals surface area (Å²) in [7, 11) is 0. The summed E-state index contributed by atoms with van der Waals surface area (Å²) in [6.07, 6.45) is 13.6. The number of hydrogen-bond acceptors (Lipinski definition) is 0. The molecule has 0 aromatic carbocycles. The minimum Gasteiger partial charge on any atom is -0.0882 e. The summed E-state index contributed by atoms with van der Waals surface area (Å²) in [6, 6.07) is 0. The molecule has 12 heavy (non-hydrogen) atoms. The highest BCUT2D eigenvalue weighted by atomic mass is 14.3. The lowest BCUT2D eigenvalue weighted by Crippen LogP contribution is -2.21. The lowest BCUT2D eigenvalue weighted by atomic mass is 9.73. The maximum atomic E-state index is 2.42. The minimum absolute atomic E-state index is 0.861. The van der Waals surface area contributed by atoms with Gasteiger partial charge in [0.1, 0.15) is 0 Å². The number of rotatable bonds is 2. The molecule has 0 N–H and O–H groups in total. The van der Waals surface area contributed by atoms with Gasteiger partial charge in [0, 0.05) is 0 Å². The maximum absolute atomic E-state index is 2.42. The first kappa shape index (κ1) is 8.34. The fourth-order valence-electron chi connectivity index (χ4n) is 2.53. The summed E-state index contributed by atoms with van der Waals surface area (Å²) in [5.41, 5.74) is 0. The van der Waals surface area contributed by atoms with Gasteiger partial charge in [-0.3, -0.25) is 0 Å². The summed E-state index contributed by atoms with van der Waals surface area (Å²) in [6.45, 7) is 2.39. The fraction of sp³-hybridized carbons (Fsp3) is 0.833. The molecule has 0 aliphatic heterocycles. The Morgan fingerprint density at radius 3 is 2.67 bits per heavy atom. The summed E-state index contributed by atoms with van der Waals surface area (Å²) in [5.74, 6) is 2.98. The van der Waals surface area contributed by atoms with Gasteiger partial charge >= 0.3 is 0 Å². The SMILES string of the molecule is CC1C=CCCC1CC1CCC1. The summed E-state index contributed by atoms with van der Waals surface area (Å²) in [4.78, 5) is 0. The van der Waals surface area contributed by atoms with E-state index in [1.165, 1.54) is 38.5 Å². The molecule has 0 spiro atoms. The molecule has 0 heteroatoms. The molecule has 2 aliphatic carbocycles. The molecule has 0 bridgehead atoms. The Balaban J connectivity index is 1.81.